The monoisotopic (exact) mass is 277 g/mol. The molecule has 1 heterocycles. The predicted molar refractivity (Wildman–Crippen MR) is 68.4 cm³/mol. The van der Waals surface area contributed by atoms with Crippen LogP contribution in [0.15, 0.2) is 0 Å². The molecule has 0 radical (unpaired) electrons. The number of ether oxygens (including phenoxy) is 1. The zero-order valence-electron chi connectivity index (χ0n) is 10.3. The Hall–Kier alpha value is 0.400. The number of hydrogen-bond acceptors (Lipinski definition) is 2. The van der Waals surface area contributed by atoms with Crippen LogP contribution in [0.3, 0.4) is 0 Å². The Kier molecular flexibility index (Phi) is 5.58. The zero-order valence-corrected chi connectivity index (χ0v) is 11.8. The molecule has 0 spiro atoms. The summed E-state index contributed by atoms with van der Waals surface area (Å²) in [5, 5.41) is 1.15. The Morgan fingerprint density at radius 1 is 1.27 bits per heavy atom. The van der Waals surface area contributed by atoms with E-state index in [0.717, 1.165) is 18.0 Å². The lowest BCUT2D eigenvalue weighted by Crippen LogP contribution is -2.38. The fourth-order valence-corrected chi connectivity index (χ4v) is 2.49. The van der Waals surface area contributed by atoms with E-state index in [0.29, 0.717) is 0 Å². The largest absolute Gasteiger partial charge is 0.360 e. The van der Waals surface area contributed by atoms with Crippen LogP contribution in [0.25, 0.3) is 0 Å². The van der Waals surface area contributed by atoms with Crippen LogP contribution in [-0.4, -0.2) is 35.7 Å². The predicted octanol–water partition coefficient (Wildman–Crippen LogP) is 3.26. The normalized spacial score (nSPS) is 20.8. The highest BCUT2D eigenvalue weighted by atomic mass is 79.9. The average molecular weight is 278 g/mol. The molecule has 1 fully saturated rings. The van der Waals surface area contributed by atoms with E-state index >= 15 is 0 Å². The fraction of sp³-hybridized carbons (Fsp3) is 1.00. The minimum absolute atomic E-state index is 0.00724. The minimum atomic E-state index is -0.00724. The molecule has 0 aromatic rings. The van der Waals surface area contributed by atoms with Gasteiger partial charge in [0.1, 0.15) is 0 Å². The second-order valence-corrected chi connectivity index (χ2v) is 6.22. The number of rotatable bonds is 4. The third-order valence-corrected chi connectivity index (χ3v) is 3.36. The Balaban J connectivity index is 2.15. The maximum Gasteiger partial charge on any atom is 0.0997 e. The molecule has 90 valence electrons. The van der Waals surface area contributed by atoms with Gasteiger partial charge >= 0.3 is 0 Å². The van der Waals surface area contributed by atoms with Crippen molar-refractivity contribution < 1.29 is 4.74 Å². The van der Waals surface area contributed by atoms with E-state index in [9.17, 15) is 0 Å². The molecule has 1 aliphatic heterocycles. The second-order valence-electron chi connectivity index (χ2n) is 5.42. The van der Waals surface area contributed by atoms with Crippen LogP contribution in [0.4, 0.5) is 0 Å². The van der Waals surface area contributed by atoms with Gasteiger partial charge in [0.2, 0.25) is 0 Å². The number of hydrogen-bond donors (Lipinski definition) is 0. The van der Waals surface area contributed by atoms with Crippen LogP contribution >= 0.6 is 15.9 Å². The van der Waals surface area contributed by atoms with Crippen molar-refractivity contribution in [3.63, 3.8) is 0 Å². The summed E-state index contributed by atoms with van der Waals surface area (Å²) in [4.78, 5) is 2.43. The Bertz CT molecular complexity index is 171. The molecule has 0 atom stereocenters. The van der Waals surface area contributed by atoms with Crippen LogP contribution < -0.4 is 0 Å². The molecule has 0 aromatic heterocycles. The van der Waals surface area contributed by atoms with Crippen molar-refractivity contribution in [1.29, 1.82) is 0 Å². The van der Waals surface area contributed by atoms with Crippen LogP contribution in [-0.2, 0) is 4.74 Å². The van der Waals surface area contributed by atoms with Gasteiger partial charge in [-0.25, -0.2) is 0 Å². The zero-order chi connectivity index (χ0) is 11.3. The molecule has 15 heavy (non-hydrogen) atoms. The van der Waals surface area contributed by atoms with Gasteiger partial charge in [-0.3, -0.25) is 4.90 Å². The molecule has 0 amide bonds. The van der Waals surface area contributed by atoms with Crippen molar-refractivity contribution in [2.24, 2.45) is 5.92 Å². The van der Waals surface area contributed by atoms with E-state index < -0.39 is 0 Å². The van der Waals surface area contributed by atoms with Gasteiger partial charge in [-0.05, 0) is 46.0 Å². The van der Waals surface area contributed by atoms with E-state index in [1.807, 2.05) is 0 Å². The van der Waals surface area contributed by atoms with Crippen molar-refractivity contribution in [2.45, 2.75) is 45.6 Å². The summed E-state index contributed by atoms with van der Waals surface area (Å²) >= 11 is 3.52. The van der Waals surface area contributed by atoms with Crippen LogP contribution in [0.2, 0.25) is 0 Å². The summed E-state index contributed by atoms with van der Waals surface area (Å²) in [6, 6.07) is 0. The first-order valence-corrected chi connectivity index (χ1v) is 7.05. The molecular weight excluding hydrogens is 254 g/mol. The number of alkyl halides is 1. The summed E-state index contributed by atoms with van der Waals surface area (Å²) < 4.78 is 5.78. The van der Waals surface area contributed by atoms with Gasteiger partial charge in [0.25, 0.3) is 0 Å². The fourth-order valence-electron chi connectivity index (χ4n) is 1.84. The highest BCUT2D eigenvalue weighted by Crippen LogP contribution is 2.21. The van der Waals surface area contributed by atoms with Gasteiger partial charge in [-0.1, -0.05) is 15.9 Å². The summed E-state index contributed by atoms with van der Waals surface area (Å²) in [6.07, 6.45) is 3.99. The molecule has 1 rings (SSSR count). The lowest BCUT2D eigenvalue weighted by atomic mass is 9.95. The third kappa shape index (κ3) is 5.88. The van der Waals surface area contributed by atoms with Crippen molar-refractivity contribution in [2.75, 3.05) is 25.2 Å². The number of nitrogens with zero attached hydrogens (tertiary/aromatic N) is 1. The summed E-state index contributed by atoms with van der Waals surface area (Å²) in [7, 11) is 0. The Morgan fingerprint density at radius 2 is 1.87 bits per heavy atom. The van der Waals surface area contributed by atoms with E-state index in [1.165, 1.54) is 32.4 Å². The molecule has 0 aliphatic carbocycles. The van der Waals surface area contributed by atoms with E-state index in [4.69, 9.17) is 4.74 Å². The molecule has 2 nitrogen and oxygen atoms in total. The SMILES string of the molecule is CC(C)(C)OCN1CCC(CCBr)CC1. The lowest BCUT2D eigenvalue weighted by Gasteiger charge is -2.33. The third-order valence-electron chi connectivity index (χ3n) is 2.90. The molecule has 0 aromatic carbocycles. The summed E-state index contributed by atoms with van der Waals surface area (Å²) in [6.45, 7) is 9.55. The average Bonchev–Trinajstić information content (AvgIpc) is 2.16. The van der Waals surface area contributed by atoms with Crippen molar-refractivity contribution in [1.82, 2.24) is 4.90 Å². The van der Waals surface area contributed by atoms with Gasteiger partial charge in [0.05, 0.1) is 12.3 Å². The molecule has 3 heteroatoms. The van der Waals surface area contributed by atoms with E-state index in [1.54, 1.807) is 0 Å². The Labute approximate surface area is 102 Å². The number of halogens is 1. The van der Waals surface area contributed by atoms with Crippen LogP contribution in [0.1, 0.15) is 40.0 Å². The molecular formula is C12H24BrNO. The standard InChI is InChI=1S/C12H24BrNO/c1-12(2,3)15-10-14-8-5-11(4-7-13)6-9-14/h11H,4-10H2,1-3H3. The van der Waals surface area contributed by atoms with Crippen LogP contribution in [0, 0.1) is 5.92 Å². The van der Waals surface area contributed by atoms with Gasteiger partial charge in [-0.15, -0.1) is 0 Å². The lowest BCUT2D eigenvalue weighted by molar-refractivity contribution is -0.0711. The van der Waals surface area contributed by atoms with Crippen molar-refractivity contribution >= 4 is 15.9 Å². The maximum absolute atomic E-state index is 5.78. The number of piperidine rings is 1. The first-order valence-electron chi connectivity index (χ1n) is 5.93. The van der Waals surface area contributed by atoms with Gasteiger partial charge in [0.15, 0.2) is 0 Å². The topological polar surface area (TPSA) is 12.5 Å². The maximum atomic E-state index is 5.78. The quantitative estimate of drug-likeness (QED) is 0.732. The molecule has 0 saturated carbocycles. The smallest absolute Gasteiger partial charge is 0.0997 e. The van der Waals surface area contributed by atoms with Crippen molar-refractivity contribution in [3.8, 4) is 0 Å². The minimum Gasteiger partial charge on any atom is -0.360 e. The van der Waals surface area contributed by atoms with Crippen LogP contribution in [0.5, 0.6) is 0 Å². The Morgan fingerprint density at radius 3 is 2.33 bits per heavy atom. The highest BCUT2D eigenvalue weighted by molar-refractivity contribution is 9.09. The summed E-state index contributed by atoms with van der Waals surface area (Å²) in [5.41, 5.74) is -0.00724. The highest BCUT2D eigenvalue weighted by Gasteiger charge is 2.20. The molecule has 1 saturated heterocycles. The number of likely N-dealkylation sites (tertiary alicyclic amines) is 1. The summed E-state index contributed by atoms with van der Waals surface area (Å²) in [5.74, 6) is 0.926. The second kappa shape index (κ2) is 6.21. The van der Waals surface area contributed by atoms with E-state index in [2.05, 4.69) is 41.6 Å². The van der Waals surface area contributed by atoms with Gasteiger partial charge in [-0.2, -0.15) is 0 Å². The first kappa shape index (κ1) is 13.5. The molecule has 0 bridgehead atoms. The van der Waals surface area contributed by atoms with E-state index in [-0.39, 0.29) is 5.60 Å². The molecule has 1 aliphatic rings. The van der Waals surface area contributed by atoms with Crippen molar-refractivity contribution in [3.05, 3.63) is 0 Å². The first-order chi connectivity index (χ1) is 7.01. The van der Waals surface area contributed by atoms with Gasteiger partial charge in [0, 0.05) is 18.4 Å². The molecule has 0 unspecified atom stereocenters. The van der Waals surface area contributed by atoms with Gasteiger partial charge < -0.3 is 4.74 Å². The molecule has 0 N–H and O–H groups in total.